The molecule has 1 N–H and O–H groups in total. The number of nitrogens with one attached hydrogen (secondary N) is 1. The number of esters is 1. The molecule has 3 rings (SSSR count). The molecular formula is C21H24N4O5S2. The second kappa shape index (κ2) is 10.0. The third-order valence-corrected chi connectivity index (χ3v) is 6.98. The molecule has 0 bridgehead atoms. The quantitative estimate of drug-likeness (QED) is 0.388. The number of benzene rings is 1. The van der Waals surface area contributed by atoms with Gasteiger partial charge in [-0.05, 0) is 37.6 Å². The molecule has 9 nitrogen and oxygen atoms in total. The predicted octanol–water partition coefficient (Wildman–Crippen LogP) is 3.70. The van der Waals surface area contributed by atoms with Crippen LogP contribution in [-0.2, 0) is 16.6 Å². The van der Waals surface area contributed by atoms with E-state index in [4.69, 9.17) is 14.2 Å². The molecule has 1 aromatic carbocycles. The van der Waals surface area contributed by atoms with E-state index < -0.39 is 5.97 Å². The zero-order valence-corrected chi connectivity index (χ0v) is 20.3. The summed E-state index contributed by atoms with van der Waals surface area (Å²) in [4.78, 5) is 25.6. The van der Waals surface area contributed by atoms with Crippen LogP contribution in [0.2, 0.25) is 0 Å². The molecule has 0 saturated heterocycles. The monoisotopic (exact) mass is 476 g/mol. The molecule has 0 unspecified atom stereocenters. The van der Waals surface area contributed by atoms with Crippen molar-refractivity contribution in [3.8, 4) is 22.9 Å². The summed E-state index contributed by atoms with van der Waals surface area (Å²) in [5, 5.41) is 12.3. The molecule has 2 heterocycles. The number of thiophene rings is 1. The van der Waals surface area contributed by atoms with E-state index in [2.05, 4.69) is 15.5 Å². The Morgan fingerprint density at radius 2 is 1.84 bits per heavy atom. The van der Waals surface area contributed by atoms with Crippen molar-refractivity contribution in [1.82, 2.24) is 14.8 Å². The van der Waals surface area contributed by atoms with E-state index in [1.165, 1.54) is 30.2 Å². The van der Waals surface area contributed by atoms with Crippen LogP contribution in [-0.4, -0.2) is 53.7 Å². The summed E-state index contributed by atoms with van der Waals surface area (Å²) in [6, 6.07) is 5.48. The first-order chi connectivity index (χ1) is 15.3. The Hall–Kier alpha value is -3.05. The third kappa shape index (κ3) is 4.73. The van der Waals surface area contributed by atoms with Gasteiger partial charge in [0.15, 0.2) is 22.5 Å². The van der Waals surface area contributed by atoms with Crippen molar-refractivity contribution in [2.45, 2.75) is 19.0 Å². The molecule has 0 saturated carbocycles. The maximum absolute atomic E-state index is 12.5. The van der Waals surface area contributed by atoms with E-state index in [9.17, 15) is 9.59 Å². The van der Waals surface area contributed by atoms with Gasteiger partial charge in [0.1, 0.15) is 5.00 Å². The molecule has 0 radical (unpaired) electrons. The van der Waals surface area contributed by atoms with Gasteiger partial charge in [-0.3, -0.25) is 4.79 Å². The predicted molar refractivity (Wildman–Crippen MR) is 124 cm³/mol. The third-order valence-electron chi connectivity index (χ3n) is 4.84. The van der Waals surface area contributed by atoms with Crippen LogP contribution in [0.4, 0.5) is 5.00 Å². The Balaban J connectivity index is 1.72. The summed E-state index contributed by atoms with van der Waals surface area (Å²) in [5.41, 5.74) is 2.00. The van der Waals surface area contributed by atoms with Crippen LogP contribution in [0.1, 0.15) is 20.8 Å². The maximum Gasteiger partial charge on any atom is 0.341 e. The van der Waals surface area contributed by atoms with Crippen molar-refractivity contribution in [2.24, 2.45) is 7.05 Å². The minimum atomic E-state index is -0.470. The Labute approximate surface area is 194 Å². The molecule has 32 heavy (non-hydrogen) atoms. The largest absolute Gasteiger partial charge is 0.493 e. The number of aromatic nitrogens is 3. The van der Waals surface area contributed by atoms with E-state index >= 15 is 0 Å². The SMILES string of the molecule is COC(=O)c1c(NC(=O)CSc2nnc(-c3ccc(OC)c(OC)c3)n2C)sc(C)c1C. The van der Waals surface area contributed by atoms with Crippen molar-refractivity contribution in [3.63, 3.8) is 0 Å². The van der Waals surface area contributed by atoms with Gasteiger partial charge < -0.3 is 24.1 Å². The first-order valence-electron chi connectivity index (χ1n) is 9.53. The minimum absolute atomic E-state index is 0.106. The number of thioether (sulfide) groups is 1. The van der Waals surface area contributed by atoms with Crippen LogP contribution < -0.4 is 14.8 Å². The number of carbonyl (C=O) groups is 2. The van der Waals surface area contributed by atoms with Crippen LogP contribution in [0.25, 0.3) is 11.4 Å². The van der Waals surface area contributed by atoms with Crippen LogP contribution in [0, 0.1) is 13.8 Å². The van der Waals surface area contributed by atoms with Crippen molar-refractivity contribution >= 4 is 40.0 Å². The minimum Gasteiger partial charge on any atom is -0.493 e. The highest BCUT2D eigenvalue weighted by molar-refractivity contribution is 7.99. The highest BCUT2D eigenvalue weighted by Gasteiger charge is 2.22. The molecule has 1 amide bonds. The maximum atomic E-state index is 12.5. The van der Waals surface area contributed by atoms with Crippen LogP contribution >= 0.6 is 23.1 Å². The van der Waals surface area contributed by atoms with Gasteiger partial charge in [0.2, 0.25) is 5.91 Å². The van der Waals surface area contributed by atoms with Crippen molar-refractivity contribution in [3.05, 3.63) is 34.2 Å². The number of amides is 1. The molecule has 0 aliphatic rings. The fourth-order valence-corrected chi connectivity index (χ4v) is 4.80. The highest BCUT2D eigenvalue weighted by Crippen LogP contribution is 2.34. The molecule has 2 aromatic heterocycles. The lowest BCUT2D eigenvalue weighted by atomic mass is 10.1. The summed E-state index contributed by atoms with van der Waals surface area (Å²) in [6.07, 6.45) is 0. The molecule has 170 valence electrons. The number of carbonyl (C=O) groups excluding carboxylic acids is 2. The standard InChI is InChI=1S/C21H24N4O5S2/c1-11-12(2)32-19(17(11)20(27)30-6)22-16(26)10-31-21-24-23-18(25(21)3)13-7-8-14(28-4)15(9-13)29-5/h7-9H,10H2,1-6H3,(H,22,26). The average molecular weight is 477 g/mol. The average Bonchev–Trinajstić information content (AvgIpc) is 3.29. The smallest absolute Gasteiger partial charge is 0.341 e. The van der Waals surface area contributed by atoms with E-state index in [0.717, 1.165) is 16.0 Å². The second-order valence-electron chi connectivity index (χ2n) is 6.75. The molecular weight excluding hydrogens is 452 g/mol. The summed E-state index contributed by atoms with van der Waals surface area (Å²) in [6.45, 7) is 3.73. The molecule has 0 fully saturated rings. The molecule has 0 atom stereocenters. The van der Waals surface area contributed by atoms with Crippen LogP contribution in [0.3, 0.4) is 0 Å². The zero-order chi connectivity index (χ0) is 23.4. The Bertz CT molecular complexity index is 1160. The topological polar surface area (TPSA) is 105 Å². The number of nitrogens with zero attached hydrogens (tertiary/aromatic N) is 3. The van der Waals surface area contributed by atoms with Crippen molar-refractivity contribution < 1.29 is 23.8 Å². The van der Waals surface area contributed by atoms with Gasteiger partial charge in [-0.1, -0.05) is 11.8 Å². The lowest BCUT2D eigenvalue weighted by Crippen LogP contribution is -2.16. The van der Waals surface area contributed by atoms with E-state index in [0.29, 0.717) is 33.0 Å². The van der Waals surface area contributed by atoms with Gasteiger partial charge in [-0.25, -0.2) is 4.79 Å². The number of rotatable bonds is 8. The fraction of sp³-hybridized carbons (Fsp3) is 0.333. The number of anilines is 1. The number of ether oxygens (including phenoxy) is 3. The molecule has 0 aliphatic carbocycles. The van der Waals surface area contributed by atoms with Gasteiger partial charge >= 0.3 is 5.97 Å². The first-order valence-corrected chi connectivity index (χ1v) is 11.3. The van der Waals surface area contributed by atoms with Gasteiger partial charge in [-0.2, -0.15) is 0 Å². The highest BCUT2D eigenvalue weighted by atomic mass is 32.2. The lowest BCUT2D eigenvalue weighted by Gasteiger charge is -2.09. The molecule has 0 spiro atoms. The number of hydrogen-bond donors (Lipinski definition) is 1. The van der Waals surface area contributed by atoms with Gasteiger partial charge in [-0.15, -0.1) is 21.5 Å². The fourth-order valence-electron chi connectivity index (χ4n) is 3.02. The summed E-state index contributed by atoms with van der Waals surface area (Å²) < 4.78 is 17.3. The van der Waals surface area contributed by atoms with Crippen molar-refractivity contribution in [2.75, 3.05) is 32.4 Å². The zero-order valence-electron chi connectivity index (χ0n) is 18.6. The summed E-state index contributed by atoms with van der Waals surface area (Å²) in [5.74, 6) is 1.22. The number of aryl methyl sites for hydroxylation is 1. The Morgan fingerprint density at radius 3 is 2.50 bits per heavy atom. The molecule has 3 aromatic rings. The number of hydrogen-bond acceptors (Lipinski definition) is 9. The van der Waals surface area contributed by atoms with E-state index in [1.54, 1.807) is 24.9 Å². The van der Waals surface area contributed by atoms with Crippen LogP contribution in [0.15, 0.2) is 23.4 Å². The van der Waals surface area contributed by atoms with Gasteiger partial charge in [0.25, 0.3) is 0 Å². The van der Waals surface area contributed by atoms with Gasteiger partial charge in [0, 0.05) is 17.5 Å². The van der Waals surface area contributed by atoms with Gasteiger partial charge in [0.05, 0.1) is 32.6 Å². The molecule has 0 aliphatic heterocycles. The van der Waals surface area contributed by atoms with E-state index in [-0.39, 0.29) is 11.7 Å². The Kier molecular flexibility index (Phi) is 7.41. The normalized spacial score (nSPS) is 10.7. The summed E-state index contributed by atoms with van der Waals surface area (Å²) >= 11 is 2.60. The second-order valence-corrected chi connectivity index (χ2v) is 8.92. The molecule has 11 heteroatoms. The van der Waals surface area contributed by atoms with E-state index in [1.807, 2.05) is 33.0 Å². The lowest BCUT2D eigenvalue weighted by molar-refractivity contribution is -0.113. The van der Waals surface area contributed by atoms with Crippen LogP contribution in [0.5, 0.6) is 11.5 Å². The number of methoxy groups -OCH3 is 3. The summed E-state index contributed by atoms with van der Waals surface area (Å²) in [7, 11) is 6.29. The Morgan fingerprint density at radius 1 is 1.12 bits per heavy atom. The first kappa shape index (κ1) is 23.6. The van der Waals surface area contributed by atoms with Crippen molar-refractivity contribution in [1.29, 1.82) is 0 Å².